The molecule has 134 valence electrons. The average molecular weight is 349 g/mol. The highest BCUT2D eigenvalue weighted by atomic mass is 16.5. The number of piperidine rings is 1. The Morgan fingerprint density at radius 1 is 0.962 bits per heavy atom. The van der Waals surface area contributed by atoms with Gasteiger partial charge in [0.2, 0.25) is 0 Å². The van der Waals surface area contributed by atoms with Crippen LogP contribution in [0.1, 0.15) is 31.2 Å². The summed E-state index contributed by atoms with van der Waals surface area (Å²) in [5.74, 6) is -0.132. The second-order valence-electron chi connectivity index (χ2n) is 6.92. The van der Waals surface area contributed by atoms with Crippen LogP contribution in [0.15, 0.2) is 48.0 Å². The van der Waals surface area contributed by atoms with Gasteiger partial charge in [0, 0.05) is 36.3 Å². The molecule has 1 saturated heterocycles. The van der Waals surface area contributed by atoms with Crippen LogP contribution in [-0.2, 0) is 4.79 Å². The molecule has 0 spiro atoms. The Kier molecular flexibility index (Phi) is 4.65. The maximum atomic E-state index is 11.3. The number of carbonyl (C=O) groups is 1. The van der Waals surface area contributed by atoms with E-state index < -0.39 is 5.97 Å². The Labute approximate surface area is 153 Å². The Morgan fingerprint density at radius 2 is 1.69 bits per heavy atom. The van der Waals surface area contributed by atoms with Crippen LogP contribution >= 0.6 is 0 Å². The first kappa shape index (κ1) is 16.7. The number of rotatable bonds is 3. The molecule has 26 heavy (non-hydrogen) atoms. The van der Waals surface area contributed by atoms with E-state index in [0.29, 0.717) is 18.6 Å². The molecule has 4 heteroatoms. The van der Waals surface area contributed by atoms with Gasteiger partial charge in [-0.25, -0.2) is 4.79 Å². The number of fused-ring (bicyclic) bond motifs is 1. The molecule has 2 aliphatic heterocycles. The molecule has 2 aliphatic rings. The topological polar surface area (TPSA) is 49.8 Å². The number of anilines is 1. The van der Waals surface area contributed by atoms with Gasteiger partial charge in [0.15, 0.2) is 0 Å². The zero-order valence-electron chi connectivity index (χ0n) is 14.8. The molecule has 0 bridgehead atoms. The molecular formula is C22H23NO3. The number of ether oxygens (including phenoxy) is 1. The lowest BCUT2D eigenvalue weighted by atomic mass is 10.0. The summed E-state index contributed by atoms with van der Waals surface area (Å²) in [7, 11) is 0. The second-order valence-corrected chi connectivity index (χ2v) is 6.92. The summed E-state index contributed by atoms with van der Waals surface area (Å²) in [4.78, 5) is 13.8. The van der Waals surface area contributed by atoms with Gasteiger partial charge < -0.3 is 14.7 Å². The van der Waals surface area contributed by atoms with E-state index >= 15 is 0 Å². The highest BCUT2D eigenvalue weighted by molar-refractivity contribution is 5.93. The predicted molar refractivity (Wildman–Crippen MR) is 104 cm³/mol. The van der Waals surface area contributed by atoms with Crippen molar-refractivity contribution in [1.29, 1.82) is 0 Å². The molecule has 0 amide bonds. The Hall–Kier alpha value is -2.75. The van der Waals surface area contributed by atoms with Crippen molar-refractivity contribution >= 4 is 17.7 Å². The second kappa shape index (κ2) is 7.24. The fourth-order valence-corrected chi connectivity index (χ4v) is 3.69. The van der Waals surface area contributed by atoms with Crippen molar-refractivity contribution in [3.63, 3.8) is 0 Å². The molecule has 0 unspecified atom stereocenters. The lowest BCUT2D eigenvalue weighted by molar-refractivity contribution is -0.132. The minimum Gasteiger partial charge on any atom is -0.493 e. The van der Waals surface area contributed by atoms with Crippen molar-refractivity contribution in [2.75, 3.05) is 24.6 Å². The number of hydrogen-bond donors (Lipinski definition) is 1. The van der Waals surface area contributed by atoms with E-state index in [-0.39, 0.29) is 0 Å². The summed E-state index contributed by atoms with van der Waals surface area (Å²) in [6.45, 7) is 2.67. The van der Waals surface area contributed by atoms with E-state index in [0.717, 1.165) is 35.5 Å². The van der Waals surface area contributed by atoms with Gasteiger partial charge in [-0.3, -0.25) is 0 Å². The summed E-state index contributed by atoms with van der Waals surface area (Å²) in [6, 6.07) is 14.6. The number of carboxylic acids is 1. The van der Waals surface area contributed by atoms with Crippen LogP contribution in [0.4, 0.5) is 5.69 Å². The van der Waals surface area contributed by atoms with Gasteiger partial charge >= 0.3 is 5.97 Å². The maximum absolute atomic E-state index is 11.3. The van der Waals surface area contributed by atoms with Crippen LogP contribution in [0.5, 0.6) is 5.75 Å². The number of hydrogen-bond acceptors (Lipinski definition) is 3. The quantitative estimate of drug-likeness (QED) is 0.880. The van der Waals surface area contributed by atoms with E-state index in [9.17, 15) is 9.90 Å². The van der Waals surface area contributed by atoms with Crippen LogP contribution < -0.4 is 9.64 Å². The van der Waals surface area contributed by atoms with Gasteiger partial charge in [-0.1, -0.05) is 18.2 Å². The molecule has 4 rings (SSSR count). The SMILES string of the molecule is O=C(O)C1=Cc2cc(-c3ccc(N4CCCCC4)cc3)ccc2OCC1. The fraction of sp³-hybridized carbons (Fsp3) is 0.318. The minimum atomic E-state index is -0.877. The lowest BCUT2D eigenvalue weighted by Gasteiger charge is -2.28. The molecule has 2 aromatic carbocycles. The van der Waals surface area contributed by atoms with Gasteiger partial charge in [0.1, 0.15) is 5.75 Å². The average Bonchev–Trinajstić information content (AvgIpc) is 2.91. The first-order valence-corrected chi connectivity index (χ1v) is 9.27. The van der Waals surface area contributed by atoms with Crippen LogP contribution in [0, 0.1) is 0 Å². The van der Waals surface area contributed by atoms with E-state index in [4.69, 9.17) is 4.74 Å². The molecule has 0 aliphatic carbocycles. The third kappa shape index (κ3) is 3.45. The first-order valence-electron chi connectivity index (χ1n) is 9.27. The normalized spacial score (nSPS) is 16.9. The number of benzene rings is 2. The van der Waals surface area contributed by atoms with Gasteiger partial charge in [-0.05, 0) is 60.7 Å². The summed E-state index contributed by atoms with van der Waals surface area (Å²) in [5.41, 5.74) is 4.70. The standard InChI is InChI=1S/C22H23NO3/c24-22(25)18-10-13-26-21-9-6-17(14-19(21)15-18)16-4-7-20(8-5-16)23-11-2-1-3-12-23/h4-9,14-15H,1-3,10-13H2,(H,24,25). The van der Waals surface area contributed by atoms with Gasteiger partial charge in [-0.2, -0.15) is 0 Å². The van der Waals surface area contributed by atoms with Crippen molar-refractivity contribution < 1.29 is 14.6 Å². The summed E-state index contributed by atoms with van der Waals surface area (Å²) < 4.78 is 5.70. The molecule has 0 aromatic heterocycles. The van der Waals surface area contributed by atoms with Crippen LogP contribution in [0.25, 0.3) is 17.2 Å². The van der Waals surface area contributed by atoms with Gasteiger partial charge in [-0.15, -0.1) is 0 Å². The van der Waals surface area contributed by atoms with Crippen LogP contribution in [0.2, 0.25) is 0 Å². The molecule has 2 heterocycles. The smallest absolute Gasteiger partial charge is 0.331 e. The minimum absolute atomic E-state index is 0.390. The summed E-state index contributed by atoms with van der Waals surface area (Å²) in [5, 5.41) is 9.30. The molecule has 0 atom stereocenters. The maximum Gasteiger partial charge on any atom is 0.331 e. The van der Waals surface area contributed by atoms with Crippen molar-refractivity contribution in [1.82, 2.24) is 0 Å². The monoisotopic (exact) mass is 349 g/mol. The Balaban J connectivity index is 1.62. The van der Waals surface area contributed by atoms with Crippen LogP contribution in [0.3, 0.4) is 0 Å². The number of nitrogens with zero attached hydrogens (tertiary/aromatic N) is 1. The van der Waals surface area contributed by atoms with E-state index in [1.54, 1.807) is 6.08 Å². The largest absolute Gasteiger partial charge is 0.493 e. The Morgan fingerprint density at radius 3 is 2.42 bits per heavy atom. The van der Waals surface area contributed by atoms with Gasteiger partial charge in [0.25, 0.3) is 0 Å². The molecule has 0 saturated carbocycles. The molecule has 0 radical (unpaired) electrons. The molecule has 4 nitrogen and oxygen atoms in total. The molecular weight excluding hydrogens is 326 g/mol. The zero-order chi connectivity index (χ0) is 17.9. The highest BCUT2D eigenvalue weighted by Crippen LogP contribution is 2.32. The molecule has 1 N–H and O–H groups in total. The zero-order valence-corrected chi connectivity index (χ0v) is 14.8. The van der Waals surface area contributed by atoms with E-state index in [1.165, 1.54) is 24.9 Å². The fourth-order valence-electron chi connectivity index (χ4n) is 3.69. The van der Waals surface area contributed by atoms with Crippen LogP contribution in [-0.4, -0.2) is 30.8 Å². The van der Waals surface area contributed by atoms with Crippen molar-refractivity contribution in [3.05, 3.63) is 53.6 Å². The summed E-state index contributed by atoms with van der Waals surface area (Å²) in [6.07, 6.45) is 6.02. The third-order valence-electron chi connectivity index (χ3n) is 5.17. The molecule has 2 aromatic rings. The predicted octanol–water partition coefficient (Wildman–Crippen LogP) is 4.59. The lowest BCUT2D eigenvalue weighted by Crippen LogP contribution is -2.29. The van der Waals surface area contributed by atoms with Crippen molar-refractivity contribution in [2.45, 2.75) is 25.7 Å². The Bertz CT molecular complexity index is 833. The third-order valence-corrected chi connectivity index (χ3v) is 5.17. The van der Waals surface area contributed by atoms with E-state index in [1.807, 2.05) is 18.2 Å². The highest BCUT2D eigenvalue weighted by Gasteiger charge is 2.15. The summed E-state index contributed by atoms with van der Waals surface area (Å²) >= 11 is 0. The number of aliphatic carboxylic acids is 1. The van der Waals surface area contributed by atoms with Crippen molar-refractivity contribution in [2.24, 2.45) is 0 Å². The first-order chi connectivity index (χ1) is 12.7. The molecule has 1 fully saturated rings. The van der Waals surface area contributed by atoms with Gasteiger partial charge in [0.05, 0.1) is 6.61 Å². The van der Waals surface area contributed by atoms with Crippen molar-refractivity contribution in [3.8, 4) is 16.9 Å². The van der Waals surface area contributed by atoms with E-state index in [2.05, 4.69) is 29.2 Å². The number of carboxylic acid groups (broad SMARTS) is 1.